The van der Waals surface area contributed by atoms with Gasteiger partial charge in [0.05, 0.1) is 11.6 Å². The van der Waals surface area contributed by atoms with Crippen molar-refractivity contribution in [1.82, 2.24) is 5.32 Å². The van der Waals surface area contributed by atoms with Crippen molar-refractivity contribution in [1.29, 1.82) is 0 Å². The van der Waals surface area contributed by atoms with E-state index in [9.17, 15) is 4.79 Å². The Balaban J connectivity index is 1.83. The van der Waals surface area contributed by atoms with Crippen LogP contribution in [0, 0.1) is 11.8 Å². The minimum Gasteiger partial charge on any atom is -0.496 e. The van der Waals surface area contributed by atoms with E-state index in [0.717, 1.165) is 22.7 Å². The Hall–Kier alpha value is -1.03. The van der Waals surface area contributed by atoms with Gasteiger partial charge >= 0.3 is 0 Å². The highest BCUT2D eigenvalue weighted by Crippen LogP contribution is 2.30. The van der Waals surface area contributed by atoms with Crippen molar-refractivity contribution in [3.8, 4) is 5.75 Å². The van der Waals surface area contributed by atoms with Gasteiger partial charge in [-0.25, -0.2) is 0 Å². The summed E-state index contributed by atoms with van der Waals surface area (Å²) in [5, 5.41) is 3.07. The van der Waals surface area contributed by atoms with Gasteiger partial charge < -0.3 is 10.1 Å². The fourth-order valence-electron chi connectivity index (χ4n) is 2.99. The third-order valence-electron chi connectivity index (χ3n) is 4.51. The van der Waals surface area contributed by atoms with Gasteiger partial charge in [0.25, 0.3) is 5.91 Å². The molecule has 0 unspecified atom stereocenters. The zero-order valence-electron chi connectivity index (χ0n) is 12.8. The van der Waals surface area contributed by atoms with Crippen molar-refractivity contribution in [3.05, 3.63) is 28.2 Å². The Morgan fingerprint density at radius 1 is 1.29 bits per heavy atom. The van der Waals surface area contributed by atoms with Crippen LogP contribution in [0.2, 0.25) is 0 Å². The van der Waals surface area contributed by atoms with Crippen molar-refractivity contribution in [2.75, 3.05) is 13.7 Å². The van der Waals surface area contributed by atoms with E-state index >= 15 is 0 Å². The molecule has 1 aliphatic carbocycles. The predicted octanol–water partition coefficient (Wildman–Crippen LogP) is 4.40. The largest absolute Gasteiger partial charge is 0.496 e. The highest BCUT2D eigenvalue weighted by atomic mass is 79.9. The number of amides is 1. The summed E-state index contributed by atoms with van der Waals surface area (Å²) in [5.41, 5.74) is 0.671. The second kappa shape index (κ2) is 7.83. The van der Waals surface area contributed by atoms with Crippen molar-refractivity contribution in [2.24, 2.45) is 11.8 Å². The van der Waals surface area contributed by atoms with Gasteiger partial charge in [-0.15, -0.1) is 0 Å². The van der Waals surface area contributed by atoms with Crippen molar-refractivity contribution < 1.29 is 9.53 Å². The normalized spacial score (nSPS) is 21.9. The maximum absolute atomic E-state index is 12.2. The molecule has 0 heterocycles. The molecule has 1 amide bonds. The van der Waals surface area contributed by atoms with Crippen LogP contribution in [0.1, 0.15) is 49.4 Å². The summed E-state index contributed by atoms with van der Waals surface area (Å²) in [7, 11) is 1.62. The van der Waals surface area contributed by atoms with Crippen LogP contribution in [0.4, 0.5) is 0 Å². The molecule has 4 heteroatoms. The lowest BCUT2D eigenvalue weighted by Crippen LogP contribution is -2.31. The van der Waals surface area contributed by atoms with Crippen molar-refractivity contribution in [2.45, 2.75) is 39.0 Å². The van der Waals surface area contributed by atoms with Gasteiger partial charge in [-0.3, -0.25) is 4.79 Å². The summed E-state index contributed by atoms with van der Waals surface area (Å²) >= 11 is 3.41. The molecule has 0 atom stereocenters. The lowest BCUT2D eigenvalue weighted by Gasteiger charge is -2.27. The molecule has 0 aromatic heterocycles. The van der Waals surface area contributed by atoms with Crippen LogP contribution in [-0.2, 0) is 0 Å². The smallest absolute Gasteiger partial charge is 0.251 e. The third-order valence-corrected chi connectivity index (χ3v) is 5.13. The monoisotopic (exact) mass is 353 g/mol. The van der Waals surface area contributed by atoms with Gasteiger partial charge in [-0.05, 0) is 58.8 Å². The summed E-state index contributed by atoms with van der Waals surface area (Å²) < 4.78 is 5.98. The van der Waals surface area contributed by atoms with Gasteiger partial charge in [-0.1, -0.05) is 26.2 Å². The number of halogens is 1. The SMILES string of the molecule is CCC1CCC(CNC(=O)c2ccc(OC)c(Br)c2)CC1. The van der Waals surface area contributed by atoms with Crippen LogP contribution in [-0.4, -0.2) is 19.6 Å². The van der Waals surface area contributed by atoms with Gasteiger partial charge in [0, 0.05) is 12.1 Å². The molecule has 116 valence electrons. The van der Waals surface area contributed by atoms with Crippen LogP contribution in [0.3, 0.4) is 0 Å². The van der Waals surface area contributed by atoms with Crippen LogP contribution < -0.4 is 10.1 Å². The molecule has 3 nitrogen and oxygen atoms in total. The highest BCUT2D eigenvalue weighted by Gasteiger charge is 2.20. The standard InChI is InChI=1S/C17H24BrNO2/c1-3-12-4-6-13(7-5-12)11-19-17(20)14-8-9-16(21-2)15(18)10-14/h8-10,12-13H,3-7,11H2,1-2H3,(H,19,20). The molecule has 1 aromatic rings. The molecule has 0 saturated heterocycles. The van der Waals surface area contributed by atoms with E-state index in [-0.39, 0.29) is 5.91 Å². The molecule has 0 bridgehead atoms. The van der Waals surface area contributed by atoms with E-state index in [2.05, 4.69) is 28.2 Å². The summed E-state index contributed by atoms with van der Waals surface area (Å²) in [5.74, 6) is 2.27. The fourth-order valence-corrected chi connectivity index (χ4v) is 3.53. The first-order valence-electron chi connectivity index (χ1n) is 7.75. The molecule has 0 aliphatic heterocycles. The van der Waals surface area contributed by atoms with E-state index in [0.29, 0.717) is 11.5 Å². The zero-order chi connectivity index (χ0) is 15.2. The molecule has 1 aromatic carbocycles. The minimum atomic E-state index is -0.00373. The number of nitrogens with one attached hydrogen (secondary N) is 1. The molecular weight excluding hydrogens is 330 g/mol. The highest BCUT2D eigenvalue weighted by molar-refractivity contribution is 9.10. The number of rotatable bonds is 5. The number of benzene rings is 1. The lowest BCUT2D eigenvalue weighted by molar-refractivity contribution is 0.0941. The van der Waals surface area contributed by atoms with Crippen LogP contribution in [0.25, 0.3) is 0 Å². The van der Waals surface area contributed by atoms with E-state index in [4.69, 9.17) is 4.74 Å². The number of carbonyl (C=O) groups excluding carboxylic acids is 1. The fraction of sp³-hybridized carbons (Fsp3) is 0.588. The van der Waals surface area contributed by atoms with Gasteiger partial charge in [0.15, 0.2) is 0 Å². The summed E-state index contributed by atoms with van der Waals surface area (Å²) in [4.78, 5) is 12.2. The van der Waals surface area contributed by atoms with E-state index in [1.54, 1.807) is 13.2 Å². The predicted molar refractivity (Wildman–Crippen MR) is 88.8 cm³/mol. The van der Waals surface area contributed by atoms with Crippen LogP contribution >= 0.6 is 15.9 Å². The number of ether oxygens (including phenoxy) is 1. The molecule has 1 saturated carbocycles. The summed E-state index contributed by atoms with van der Waals surface area (Å²) in [6, 6.07) is 5.42. The second-order valence-corrected chi connectivity index (χ2v) is 6.71. The average molecular weight is 354 g/mol. The first-order valence-corrected chi connectivity index (χ1v) is 8.55. The van der Waals surface area contributed by atoms with E-state index in [1.165, 1.54) is 32.1 Å². The second-order valence-electron chi connectivity index (χ2n) is 5.85. The number of methoxy groups -OCH3 is 1. The van der Waals surface area contributed by atoms with E-state index < -0.39 is 0 Å². The summed E-state index contributed by atoms with van der Waals surface area (Å²) in [6.07, 6.45) is 6.39. The quantitative estimate of drug-likeness (QED) is 0.851. The summed E-state index contributed by atoms with van der Waals surface area (Å²) in [6.45, 7) is 3.06. The van der Waals surface area contributed by atoms with Crippen LogP contribution in [0.15, 0.2) is 22.7 Å². The maximum atomic E-state index is 12.2. The Kier molecular flexibility index (Phi) is 6.09. The third kappa shape index (κ3) is 4.47. The van der Waals surface area contributed by atoms with Crippen molar-refractivity contribution in [3.63, 3.8) is 0 Å². The van der Waals surface area contributed by atoms with Gasteiger partial charge in [-0.2, -0.15) is 0 Å². The zero-order valence-corrected chi connectivity index (χ0v) is 14.4. The molecule has 1 aliphatic rings. The molecule has 2 rings (SSSR count). The number of hydrogen-bond donors (Lipinski definition) is 1. The first kappa shape index (κ1) is 16.3. The molecular formula is C17H24BrNO2. The molecule has 1 N–H and O–H groups in total. The number of hydrogen-bond acceptors (Lipinski definition) is 2. The molecule has 0 spiro atoms. The molecule has 1 fully saturated rings. The van der Waals surface area contributed by atoms with Gasteiger partial charge in [0.2, 0.25) is 0 Å². The minimum absolute atomic E-state index is 0.00373. The Labute approximate surface area is 135 Å². The van der Waals surface area contributed by atoms with Crippen molar-refractivity contribution >= 4 is 21.8 Å². The average Bonchev–Trinajstić information content (AvgIpc) is 2.53. The number of carbonyl (C=O) groups is 1. The van der Waals surface area contributed by atoms with Crippen LogP contribution in [0.5, 0.6) is 5.75 Å². The Morgan fingerprint density at radius 3 is 2.52 bits per heavy atom. The maximum Gasteiger partial charge on any atom is 0.251 e. The Bertz CT molecular complexity index is 482. The van der Waals surface area contributed by atoms with E-state index in [1.807, 2.05) is 12.1 Å². The topological polar surface area (TPSA) is 38.3 Å². The Morgan fingerprint density at radius 2 is 1.95 bits per heavy atom. The lowest BCUT2D eigenvalue weighted by atomic mass is 9.81. The molecule has 0 radical (unpaired) electrons. The van der Waals surface area contributed by atoms with Gasteiger partial charge in [0.1, 0.15) is 5.75 Å². The first-order chi connectivity index (χ1) is 10.1. The molecule has 21 heavy (non-hydrogen) atoms.